The predicted octanol–water partition coefficient (Wildman–Crippen LogP) is 1.70. The third kappa shape index (κ3) is 4.28. The molecule has 0 aromatic rings. The van der Waals surface area contributed by atoms with Crippen LogP contribution in [0.4, 0.5) is 4.79 Å². The maximum Gasteiger partial charge on any atom is 0.327 e. The van der Waals surface area contributed by atoms with E-state index in [1.807, 2.05) is 20.8 Å². The molecule has 6 nitrogen and oxygen atoms in total. The van der Waals surface area contributed by atoms with Gasteiger partial charge in [-0.05, 0) is 20.3 Å². The maximum atomic E-state index is 12.4. The van der Waals surface area contributed by atoms with Crippen molar-refractivity contribution in [2.45, 2.75) is 44.7 Å². The van der Waals surface area contributed by atoms with Gasteiger partial charge in [-0.15, -0.1) is 11.8 Å². The number of carboxylic acids is 1. The zero-order valence-corrected chi connectivity index (χ0v) is 13.4. The lowest BCUT2D eigenvalue weighted by molar-refractivity contribution is -0.141. The molecular weight excluding hydrogens is 280 g/mol. The molecule has 1 N–H and O–H groups in total. The lowest BCUT2D eigenvalue weighted by atomic mass is 10.2. The minimum absolute atomic E-state index is 0.0583. The average molecular weight is 304 g/mol. The Kier molecular flexibility index (Phi) is 6.61. The molecular formula is C13H24N2O4S. The van der Waals surface area contributed by atoms with Crippen molar-refractivity contribution in [2.75, 3.05) is 26.0 Å². The molecule has 2 unspecified atom stereocenters. The van der Waals surface area contributed by atoms with Crippen molar-refractivity contribution in [1.82, 2.24) is 9.80 Å². The Bertz CT molecular complexity index is 351. The van der Waals surface area contributed by atoms with Crippen LogP contribution in [0.25, 0.3) is 0 Å². The number of carbonyl (C=O) groups is 2. The van der Waals surface area contributed by atoms with E-state index in [-0.39, 0.29) is 17.5 Å². The van der Waals surface area contributed by atoms with Crippen molar-refractivity contribution >= 4 is 23.8 Å². The van der Waals surface area contributed by atoms with Crippen molar-refractivity contribution in [3.63, 3.8) is 0 Å². The van der Waals surface area contributed by atoms with Gasteiger partial charge in [0.25, 0.3) is 0 Å². The molecule has 0 saturated carbocycles. The lowest BCUT2D eigenvalue weighted by Gasteiger charge is -2.31. The zero-order valence-electron chi connectivity index (χ0n) is 12.5. The summed E-state index contributed by atoms with van der Waals surface area (Å²) in [5.41, 5.74) is 0. The van der Waals surface area contributed by atoms with Crippen LogP contribution in [-0.2, 0) is 9.53 Å². The molecule has 0 bridgehead atoms. The van der Waals surface area contributed by atoms with Crippen LogP contribution in [0.15, 0.2) is 0 Å². The number of carboxylic acid groups (broad SMARTS) is 1. The smallest absolute Gasteiger partial charge is 0.327 e. The molecule has 0 aliphatic carbocycles. The number of nitrogens with zero attached hydrogens (tertiary/aromatic N) is 2. The van der Waals surface area contributed by atoms with E-state index >= 15 is 0 Å². The summed E-state index contributed by atoms with van der Waals surface area (Å²) in [6.45, 7) is 6.75. The Labute approximate surface area is 124 Å². The van der Waals surface area contributed by atoms with Crippen LogP contribution in [0.3, 0.4) is 0 Å². The highest BCUT2D eigenvalue weighted by Gasteiger charge is 2.41. The van der Waals surface area contributed by atoms with Gasteiger partial charge in [-0.25, -0.2) is 9.59 Å². The second kappa shape index (κ2) is 7.73. The Morgan fingerprint density at radius 3 is 2.65 bits per heavy atom. The Morgan fingerprint density at radius 2 is 2.15 bits per heavy atom. The summed E-state index contributed by atoms with van der Waals surface area (Å²) in [4.78, 5) is 26.7. The molecule has 20 heavy (non-hydrogen) atoms. The molecule has 116 valence electrons. The molecule has 1 aliphatic rings. The minimum Gasteiger partial charge on any atom is -0.480 e. The van der Waals surface area contributed by atoms with Crippen molar-refractivity contribution in [3.8, 4) is 0 Å². The molecule has 1 fully saturated rings. The van der Waals surface area contributed by atoms with Gasteiger partial charge >= 0.3 is 12.0 Å². The normalized spacial score (nSPS) is 22.4. The third-order valence-corrected chi connectivity index (χ3v) is 4.61. The Balaban J connectivity index is 2.63. The number of amides is 2. The molecule has 1 aliphatic heterocycles. The third-order valence-electron chi connectivity index (χ3n) is 3.15. The number of ether oxygens (including phenoxy) is 1. The Morgan fingerprint density at radius 1 is 1.50 bits per heavy atom. The summed E-state index contributed by atoms with van der Waals surface area (Å²) in [6.07, 6.45) is 0.868. The molecule has 1 heterocycles. The number of thioether (sulfide) groups is 1. The van der Waals surface area contributed by atoms with Crippen LogP contribution >= 0.6 is 11.8 Å². The highest BCUT2D eigenvalue weighted by Crippen LogP contribution is 2.32. The van der Waals surface area contributed by atoms with Crippen molar-refractivity contribution in [3.05, 3.63) is 0 Å². The minimum atomic E-state index is -0.936. The van der Waals surface area contributed by atoms with Crippen LogP contribution in [0.1, 0.15) is 27.2 Å². The van der Waals surface area contributed by atoms with Crippen LogP contribution in [0.2, 0.25) is 0 Å². The molecule has 2 amide bonds. The summed E-state index contributed by atoms with van der Waals surface area (Å²) in [5.74, 6) is -0.482. The van der Waals surface area contributed by atoms with E-state index < -0.39 is 12.0 Å². The molecule has 0 aromatic heterocycles. The van der Waals surface area contributed by atoms with E-state index in [2.05, 4.69) is 0 Å². The summed E-state index contributed by atoms with van der Waals surface area (Å²) >= 11 is 1.53. The van der Waals surface area contributed by atoms with E-state index in [0.29, 0.717) is 18.9 Å². The van der Waals surface area contributed by atoms with Crippen LogP contribution in [-0.4, -0.2) is 70.4 Å². The van der Waals surface area contributed by atoms with Gasteiger partial charge in [-0.1, -0.05) is 6.92 Å². The molecule has 7 heteroatoms. The van der Waals surface area contributed by atoms with Crippen molar-refractivity contribution in [2.24, 2.45) is 0 Å². The summed E-state index contributed by atoms with van der Waals surface area (Å²) < 4.78 is 5.42. The van der Waals surface area contributed by atoms with Gasteiger partial charge in [0.2, 0.25) is 0 Å². The van der Waals surface area contributed by atoms with E-state index in [1.165, 1.54) is 21.6 Å². The molecule has 0 aromatic carbocycles. The van der Waals surface area contributed by atoms with Crippen LogP contribution in [0.5, 0.6) is 0 Å². The maximum absolute atomic E-state index is 12.4. The van der Waals surface area contributed by atoms with E-state index in [1.54, 1.807) is 7.05 Å². The molecule has 1 saturated heterocycles. The first-order valence-electron chi connectivity index (χ1n) is 6.87. The largest absolute Gasteiger partial charge is 0.480 e. The second-order valence-corrected chi connectivity index (χ2v) is 6.29. The predicted molar refractivity (Wildman–Crippen MR) is 78.9 cm³/mol. The monoisotopic (exact) mass is 304 g/mol. The van der Waals surface area contributed by atoms with Gasteiger partial charge in [-0.3, -0.25) is 4.90 Å². The fraction of sp³-hybridized carbons (Fsp3) is 0.846. The second-order valence-electron chi connectivity index (χ2n) is 5.08. The highest BCUT2D eigenvalue weighted by atomic mass is 32.2. The Hall–Kier alpha value is -0.950. The average Bonchev–Trinajstić information content (AvgIpc) is 2.80. The SMILES string of the molecule is CCC1SCC(C(=O)O)N1C(=O)N(C)CCOC(C)C. The van der Waals surface area contributed by atoms with Gasteiger partial charge in [-0.2, -0.15) is 0 Å². The van der Waals surface area contributed by atoms with E-state index in [9.17, 15) is 14.7 Å². The van der Waals surface area contributed by atoms with E-state index in [4.69, 9.17) is 4.74 Å². The first kappa shape index (κ1) is 17.1. The fourth-order valence-electron chi connectivity index (χ4n) is 2.04. The number of carbonyl (C=O) groups excluding carboxylic acids is 1. The number of likely N-dealkylation sites (N-methyl/N-ethyl adjacent to an activating group) is 1. The van der Waals surface area contributed by atoms with Crippen LogP contribution in [0, 0.1) is 0 Å². The summed E-state index contributed by atoms with van der Waals surface area (Å²) in [6, 6.07) is -0.965. The first-order valence-corrected chi connectivity index (χ1v) is 7.92. The number of rotatable bonds is 6. The van der Waals surface area contributed by atoms with Crippen molar-refractivity contribution in [1.29, 1.82) is 0 Å². The molecule has 1 rings (SSSR count). The fourth-order valence-corrected chi connectivity index (χ4v) is 3.38. The standard InChI is InChI=1S/C13H24N2O4S/c1-5-11-15(10(8-20-11)12(16)17)13(18)14(4)6-7-19-9(2)3/h9-11H,5-8H2,1-4H3,(H,16,17). The van der Waals surface area contributed by atoms with Gasteiger partial charge in [0, 0.05) is 19.3 Å². The molecule has 0 spiro atoms. The number of aliphatic carboxylic acids is 1. The number of hydrogen-bond donors (Lipinski definition) is 1. The number of urea groups is 1. The van der Waals surface area contributed by atoms with Gasteiger partial charge in [0.05, 0.1) is 18.1 Å². The van der Waals surface area contributed by atoms with Gasteiger partial charge in [0.1, 0.15) is 6.04 Å². The first-order chi connectivity index (χ1) is 9.38. The highest BCUT2D eigenvalue weighted by molar-refractivity contribution is 8.00. The van der Waals surface area contributed by atoms with E-state index in [0.717, 1.165) is 6.42 Å². The molecule has 0 radical (unpaired) electrons. The van der Waals surface area contributed by atoms with Crippen LogP contribution < -0.4 is 0 Å². The van der Waals surface area contributed by atoms with Crippen molar-refractivity contribution < 1.29 is 19.4 Å². The quantitative estimate of drug-likeness (QED) is 0.809. The topological polar surface area (TPSA) is 70.1 Å². The number of hydrogen-bond acceptors (Lipinski definition) is 4. The van der Waals surface area contributed by atoms with Gasteiger partial charge < -0.3 is 14.7 Å². The lowest BCUT2D eigenvalue weighted by Crippen LogP contribution is -2.51. The van der Waals surface area contributed by atoms with Gasteiger partial charge in [0.15, 0.2) is 0 Å². The molecule has 2 atom stereocenters. The summed E-state index contributed by atoms with van der Waals surface area (Å²) in [7, 11) is 1.68. The zero-order chi connectivity index (χ0) is 15.3. The summed E-state index contributed by atoms with van der Waals surface area (Å²) in [5, 5.41) is 9.17.